The van der Waals surface area contributed by atoms with E-state index in [-0.39, 0.29) is 0 Å². The molecule has 0 amide bonds. The van der Waals surface area contributed by atoms with Crippen LogP contribution in [-0.4, -0.2) is 4.98 Å². The molecule has 1 heterocycles. The van der Waals surface area contributed by atoms with Crippen molar-refractivity contribution in [1.29, 1.82) is 5.26 Å². The van der Waals surface area contributed by atoms with E-state index in [9.17, 15) is 0 Å². The summed E-state index contributed by atoms with van der Waals surface area (Å²) in [5.74, 6) is 1.84. The largest absolute Gasteiger partial charge is 0.240 e. The highest BCUT2D eigenvalue weighted by Gasteiger charge is 2.05. The lowest BCUT2D eigenvalue weighted by atomic mass is 10.2. The van der Waals surface area contributed by atoms with E-state index in [0.29, 0.717) is 5.56 Å². The first kappa shape index (κ1) is 15.8. The molecule has 0 unspecified atom stereocenters. The van der Waals surface area contributed by atoms with E-state index in [4.69, 9.17) is 10.2 Å². The van der Waals surface area contributed by atoms with E-state index in [1.807, 2.05) is 36.0 Å². The third-order valence-electron chi connectivity index (χ3n) is 3.45. The Labute approximate surface area is 144 Å². The smallest absolute Gasteiger partial charge is 0.123 e. The number of nitrogens with zero attached hydrogens (tertiary/aromatic N) is 2. The van der Waals surface area contributed by atoms with Crippen LogP contribution in [0.15, 0.2) is 53.9 Å². The van der Waals surface area contributed by atoms with E-state index < -0.39 is 0 Å². The lowest BCUT2D eigenvalue weighted by molar-refractivity contribution is 1.23. The van der Waals surface area contributed by atoms with Gasteiger partial charge in [0.15, 0.2) is 0 Å². The third-order valence-corrected chi connectivity index (χ3v) is 5.43. The Morgan fingerprint density at radius 3 is 2.48 bits per heavy atom. The number of aromatic nitrogens is 1. The second kappa shape index (κ2) is 7.45. The molecule has 23 heavy (non-hydrogen) atoms. The molecule has 0 aliphatic heterocycles. The molecule has 0 saturated heterocycles. The highest BCUT2D eigenvalue weighted by Crippen LogP contribution is 2.26. The molecule has 1 aromatic heterocycles. The van der Waals surface area contributed by atoms with Gasteiger partial charge in [0.25, 0.3) is 0 Å². The van der Waals surface area contributed by atoms with Gasteiger partial charge in [-0.05, 0) is 24.6 Å². The molecule has 4 heteroatoms. The summed E-state index contributed by atoms with van der Waals surface area (Å²) in [7, 11) is 0. The minimum absolute atomic E-state index is 0.709. The number of aryl methyl sites for hydroxylation is 1. The summed E-state index contributed by atoms with van der Waals surface area (Å²) in [6.07, 6.45) is 0. The quantitative estimate of drug-likeness (QED) is 0.624. The second-order valence-electron chi connectivity index (χ2n) is 5.31. The van der Waals surface area contributed by atoms with Crippen LogP contribution in [0.25, 0.3) is 10.6 Å². The predicted molar refractivity (Wildman–Crippen MR) is 98.4 cm³/mol. The fraction of sp³-hybridized carbons (Fsp3) is 0.158. The van der Waals surface area contributed by atoms with Crippen LogP contribution in [0.4, 0.5) is 0 Å². The summed E-state index contributed by atoms with van der Waals surface area (Å²) in [6, 6.07) is 18.4. The van der Waals surface area contributed by atoms with Crippen molar-refractivity contribution in [1.82, 2.24) is 4.98 Å². The van der Waals surface area contributed by atoms with Gasteiger partial charge in [-0.25, -0.2) is 4.98 Å². The molecule has 3 aromatic rings. The Morgan fingerprint density at radius 1 is 1.04 bits per heavy atom. The van der Waals surface area contributed by atoms with Gasteiger partial charge < -0.3 is 0 Å². The van der Waals surface area contributed by atoms with E-state index in [2.05, 4.69) is 42.6 Å². The maximum absolute atomic E-state index is 8.80. The first-order valence-electron chi connectivity index (χ1n) is 7.33. The lowest BCUT2D eigenvalue weighted by Gasteiger charge is -2.00. The molecule has 0 spiro atoms. The maximum atomic E-state index is 8.80. The van der Waals surface area contributed by atoms with E-state index >= 15 is 0 Å². The van der Waals surface area contributed by atoms with Crippen molar-refractivity contribution in [2.75, 3.05) is 0 Å². The zero-order valence-corrected chi connectivity index (χ0v) is 14.5. The zero-order chi connectivity index (χ0) is 16.1. The molecular formula is C19H16N2S2. The zero-order valence-electron chi connectivity index (χ0n) is 12.8. The van der Waals surface area contributed by atoms with Crippen molar-refractivity contribution >= 4 is 23.1 Å². The number of rotatable bonds is 5. The molecule has 0 radical (unpaired) electrons. The van der Waals surface area contributed by atoms with Crippen molar-refractivity contribution in [3.8, 4) is 16.6 Å². The van der Waals surface area contributed by atoms with Crippen LogP contribution in [0.5, 0.6) is 0 Å². The second-order valence-corrected chi connectivity index (χ2v) is 7.16. The number of hydrogen-bond acceptors (Lipinski definition) is 4. The molecule has 3 rings (SSSR count). The summed E-state index contributed by atoms with van der Waals surface area (Å²) in [6.45, 7) is 2.09. The van der Waals surface area contributed by atoms with Crippen LogP contribution in [0.3, 0.4) is 0 Å². The molecule has 2 aromatic carbocycles. The van der Waals surface area contributed by atoms with E-state index in [1.54, 1.807) is 11.3 Å². The Morgan fingerprint density at radius 2 is 1.78 bits per heavy atom. The van der Waals surface area contributed by atoms with Crippen molar-refractivity contribution in [2.45, 2.75) is 18.4 Å². The lowest BCUT2D eigenvalue weighted by Crippen LogP contribution is -1.85. The standard InChI is InChI=1S/C19H16N2S2/c1-14-2-8-17(9-3-14)19-21-18(13-23-19)12-22-11-16-6-4-15(10-20)5-7-16/h2-9,13H,11-12H2,1H3. The summed E-state index contributed by atoms with van der Waals surface area (Å²) in [5.41, 5.74) is 5.53. The van der Waals surface area contributed by atoms with Crippen molar-refractivity contribution in [3.05, 3.63) is 76.3 Å². The number of thioether (sulfide) groups is 1. The minimum Gasteiger partial charge on any atom is -0.240 e. The van der Waals surface area contributed by atoms with Gasteiger partial charge in [-0.2, -0.15) is 17.0 Å². The average molecular weight is 336 g/mol. The summed E-state index contributed by atoms with van der Waals surface area (Å²) in [4.78, 5) is 4.72. The number of thiazole rings is 1. The van der Waals surface area contributed by atoms with Gasteiger partial charge in [0.1, 0.15) is 5.01 Å². The van der Waals surface area contributed by atoms with Gasteiger partial charge in [0.05, 0.1) is 17.3 Å². The van der Waals surface area contributed by atoms with Crippen molar-refractivity contribution in [2.24, 2.45) is 0 Å². The Bertz CT molecular complexity index is 812. The molecule has 114 valence electrons. The molecule has 0 aliphatic rings. The van der Waals surface area contributed by atoms with Crippen LogP contribution in [0, 0.1) is 18.3 Å². The van der Waals surface area contributed by atoms with Crippen LogP contribution in [-0.2, 0) is 11.5 Å². The highest BCUT2D eigenvalue weighted by atomic mass is 32.2. The number of benzene rings is 2. The van der Waals surface area contributed by atoms with Gasteiger partial charge in [0.2, 0.25) is 0 Å². The summed E-state index contributed by atoms with van der Waals surface area (Å²) in [5, 5.41) is 12.0. The number of hydrogen-bond donors (Lipinski definition) is 0. The fourth-order valence-electron chi connectivity index (χ4n) is 2.15. The normalized spacial score (nSPS) is 10.4. The minimum atomic E-state index is 0.709. The molecule has 0 atom stereocenters. The molecule has 0 aliphatic carbocycles. The van der Waals surface area contributed by atoms with Crippen LogP contribution < -0.4 is 0 Å². The Kier molecular flexibility index (Phi) is 5.12. The molecule has 0 saturated carbocycles. The predicted octanol–water partition coefficient (Wildman–Crippen LogP) is 5.42. The first-order valence-corrected chi connectivity index (χ1v) is 9.36. The van der Waals surface area contributed by atoms with Crippen LogP contribution in [0.1, 0.15) is 22.4 Å². The van der Waals surface area contributed by atoms with E-state index in [0.717, 1.165) is 22.2 Å². The van der Waals surface area contributed by atoms with Gasteiger partial charge >= 0.3 is 0 Å². The molecular weight excluding hydrogens is 320 g/mol. The van der Waals surface area contributed by atoms with Gasteiger partial charge in [0, 0.05) is 22.4 Å². The van der Waals surface area contributed by atoms with Crippen LogP contribution >= 0.6 is 23.1 Å². The topological polar surface area (TPSA) is 36.7 Å². The number of nitriles is 1. The molecule has 2 nitrogen and oxygen atoms in total. The Balaban J connectivity index is 1.56. The first-order chi connectivity index (χ1) is 11.2. The van der Waals surface area contributed by atoms with Gasteiger partial charge in [-0.3, -0.25) is 0 Å². The summed E-state index contributed by atoms with van der Waals surface area (Å²) < 4.78 is 0. The summed E-state index contributed by atoms with van der Waals surface area (Å²) >= 11 is 3.54. The van der Waals surface area contributed by atoms with E-state index in [1.165, 1.54) is 16.7 Å². The molecule has 0 fully saturated rings. The van der Waals surface area contributed by atoms with Gasteiger partial charge in [-0.15, -0.1) is 11.3 Å². The monoisotopic (exact) mass is 336 g/mol. The maximum Gasteiger partial charge on any atom is 0.123 e. The third kappa shape index (κ3) is 4.22. The molecule has 0 N–H and O–H groups in total. The Hall–Kier alpha value is -2.09. The SMILES string of the molecule is Cc1ccc(-c2nc(CSCc3ccc(C#N)cc3)cs2)cc1. The van der Waals surface area contributed by atoms with Gasteiger partial charge in [-0.1, -0.05) is 42.0 Å². The van der Waals surface area contributed by atoms with Crippen molar-refractivity contribution in [3.63, 3.8) is 0 Å². The molecule has 0 bridgehead atoms. The highest BCUT2D eigenvalue weighted by molar-refractivity contribution is 7.97. The average Bonchev–Trinajstić information content (AvgIpc) is 3.05. The van der Waals surface area contributed by atoms with Crippen LogP contribution in [0.2, 0.25) is 0 Å². The van der Waals surface area contributed by atoms with Crippen molar-refractivity contribution < 1.29 is 0 Å². The fourth-order valence-corrected chi connectivity index (χ4v) is 3.97.